The smallest absolute Gasteiger partial charge is 0.0235 e. The fraction of sp³-hybridized carbons (Fsp3) is 1.00. The van der Waals surface area contributed by atoms with E-state index in [1.54, 1.807) is 0 Å². The van der Waals surface area contributed by atoms with Gasteiger partial charge in [0.15, 0.2) is 0 Å². The molecule has 3 unspecified atom stereocenters. The van der Waals surface area contributed by atoms with E-state index in [9.17, 15) is 0 Å². The molecule has 1 N–H and O–H groups in total. The van der Waals surface area contributed by atoms with E-state index in [4.69, 9.17) is 0 Å². The normalized spacial score (nSPS) is 38.2. The summed E-state index contributed by atoms with van der Waals surface area (Å²) >= 11 is 0. The van der Waals surface area contributed by atoms with E-state index in [1.165, 1.54) is 64.8 Å². The molecule has 2 aliphatic heterocycles. The highest BCUT2D eigenvalue weighted by Crippen LogP contribution is 2.34. The van der Waals surface area contributed by atoms with Crippen molar-refractivity contribution in [3.8, 4) is 0 Å². The second-order valence-corrected chi connectivity index (χ2v) is 6.39. The molecular weight excluding hydrogens is 222 g/mol. The minimum Gasteiger partial charge on any atom is -0.317 e. The van der Waals surface area contributed by atoms with Gasteiger partial charge >= 0.3 is 0 Å². The zero-order valence-corrected chi connectivity index (χ0v) is 11.9. The molecule has 0 spiro atoms. The number of nitrogens with zero attached hydrogens (tertiary/aromatic N) is 2. The Bertz CT molecular complexity index is 262. The van der Waals surface area contributed by atoms with Crippen molar-refractivity contribution in [2.45, 2.75) is 51.1 Å². The van der Waals surface area contributed by atoms with E-state index in [1.807, 2.05) is 0 Å². The van der Waals surface area contributed by atoms with Gasteiger partial charge in [-0.25, -0.2) is 0 Å². The highest BCUT2D eigenvalue weighted by molar-refractivity contribution is 4.95. The molecule has 0 radical (unpaired) electrons. The van der Waals surface area contributed by atoms with Gasteiger partial charge in [0.2, 0.25) is 0 Å². The zero-order chi connectivity index (χ0) is 12.4. The summed E-state index contributed by atoms with van der Waals surface area (Å²) < 4.78 is 0. The summed E-state index contributed by atoms with van der Waals surface area (Å²) in [6, 6.07) is 1.78. The average Bonchev–Trinajstić information content (AvgIpc) is 2.97. The summed E-state index contributed by atoms with van der Waals surface area (Å²) in [4.78, 5) is 5.55. The van der Waals surface area contributed by atoms with Gasteiger partial charge in [-0.15, -0.1) is 0 Å². The van der Waals surface area contributed by atoms with Crippen molar-refractivity contribution in [2.24, 2.45) is 5.92 Å². The van der Waals surface area contributed by atoms with Gasteiger partial charge in [-0.1, -0.05) is 6.92 Å². The van der Waals surface area contributed by atoms with Gasteiger partial charge in [0, 0.05) is 25.2 Å². The molecule has 0 aromatic heterocycles. The molecule has 104 valence electrons. The van der Waals surface area contributed by atoms with Gasteiger partial charge in [-0.05, 0) is 64.2 Å². The lowest BCUT2D eigenvalue weighted by Gasteiger charge is -2.43. The second kappa shape index (κ2) is 5.89. The second-order valence-electron chi connectivity index (χ2n) is 6.39. The van der Waals surface area contributed by atoms with Crippen LogP contribution in [0.2, 0.25) is 0 Å². The Labute approximate surface area is 112 Å². The predicted molar refractivity (Wildman–Crippen MR) is 75.8 cm³/mol. The van der Waals surface area contributed by atoms with Gasteiger partial charge in [-0.3, -0.25) is 9.80 Å². The average molecular weight is 251 g/mol. The quantitative estimate of drug-likeness (QED) is 0.800. The largest absolute Gasteiger partial charge is 0.317 e. The summed E-state index contributed by atoms with van der Waals surface area (Å²) in [7, 11) is 0. The third kappa shape index (κ3) is 2.59. The summed E-state index contributed by atoms with van der Waals surface area (Å²) in [5, 5.41) is 3.53. The first-order valence-corrected chi connectivity index (χ1v) is 8.07. The molecule has 0 amide bonds. The van der Waals surface area contributed by atoms with Crippen LogP contribution in [0.15, 0.2) is 0 Å². The summed E-state index contributed by atoms with van der Waals surface area (Å²) in [6.07, 6.45) is 7.18. The van der Waals surface area contributed by atoms with Gasteiger partial charge < -0.3 is 5.32 Å². The van der Waals surface area contributed by atoms with Crippen LogP contribution in [0, 0.1) is 5.92 Å². The SMILES string of the molecule is CCNCC1CCC1N1CCC(N2CCCC2)C1. The summed E-state index contributed by atoms with van der Waals surface area (Å²) in [5.74, 6) is 0.933. The van der Waals surface area contributed by atoms with E-state index >= 15 is 0 Å². The molecule has 3 rings (SSSR count). The van der Waals surface area contributed by atoms with Crippen LogP contribution in [-0.4, -0.2) is 61.2 Å². The molecule has 18 heavy (non-hydrogen) atoms. The highest BCUT2D eigenvalue weighted by Gasteiger charge is 2.39. The maximum Gasteiger partial charge on any atom is 0.0235 e. The van der Waals surface area contributed by atoms with Crippen LogP contribution in [0.5, 0.6) is 0 Å². The van der Waals surface area contributed by atoms with E-state index in [2.05, 4.69) is 22.0 Å². The molecule has 3 nitrogen and oxygen atoms in total. The first-order valence-electron chi connectivity index (χ1n) is 8.07. The lowest BCUT2D eigenvalue weighted by atomic mass is 9.78. The molecule has 3 atom stereocenters. The van der Waals surface area contributed by atoms with Crippen molar-refractivity contribution in [1.82, 2.24) is 15.1 Å². The van der Waals surface area contributed by atoms with Crippen LogP contribution in [0.1, 0.15) is 39.0 Å². The molecule has 0 bridgehead atoms. The lowest BCUT2D eigenvalue weighted by molar-refractivity contribution is 0.0754. The maximum absolute atomic E-state index is 3.53. The Balaban J connectivity index is 1.46. The summed E-state index contributed by atoms with van der Waals surface area (Å²) in [6.45, 7) is 10.0. The molecule has 1 saturated carbocycles. The van der Waals surface area contributed by atoms with Crippen LogP contribution in [0.4, 0.5) is 0 Å². The molecule has 2 heterocycles. The van der Waals surface area contributed by atoms with Crippen molar-refractivity contribution in [3.05, 3.63) is 0 Å². The fourth-order valence-corrected chi connectivity index (χ4v) is 4.07. The number of hydrogen-bond acceptors (Lipinski definition) is 3. The van der Waals surface area contributed by atoms with Crippen molar-refractivity contribution in [3.63, 3.8) is 0 Å². The molecule has 3 heteroatoms. The Kier molecular flexibility index (Phi) is 4.22. The van der Waals surface area contributed by atoms with Gasteiger partial charge in [0.05, 0.1) is 0 Å². The van der Waals surface area contributed by atoms with E-state index in [0.29, 0.717) is 0 Å². The van der Waals surface area contributed by atoms with Gasteiger partial charge in [0.25, 0.3) is 0 Å². The Morgan fingerprint density at radius 1 is 1.00 bits per heavy atom. The fourth-order valence-electron chi connectivity index (χ4n) is 4.07. The third-order valence-corrected chi connectivity index (χ3v) is 5.35. The van der Waals surface area contributed by atoms with E-state index in [-0.39, 0.29) is 0 Å². The van der Waals surface area contributed by atoms with Crippen LogP contribution in [-0.2, 0) is 0 Å². The van der Waals surface area contributed by atoms with Crippen LogP contribution < -0.4 is 5.32 Å². The number of hydrogen-bond donors (Lipinski definition) is 1. The molecule has 0 aromatic rings. The minimum atomic E-state index is 0.882. The van der Waals surface area contributed by atoms with Crippen LogP contribution in [0.3, 0.4) is 0 Å². The summed E-state index contributed by atoms with van der Waals surface area (Å²) in [5.41, 5.74) is 0. The standard InChI is InChI=1S/C15H29N3/c1-2-16-11-13-5-6-15(13)18-10-7-14(12-18)17-8-3-4-9-17/h13-16H,2-12H2,1H3. The van der Waals surface area contributed by atoms with Crippen molar-refractivity contribution in [1.29, 1.82) is 0 Å². The minimum absolute atomic E-state index is 0.882. The topological polar surface area (TPSA) is 18.5 Å². The van der Waals surface area contributed by atoms with Crippen LogP contribution in [0.25, 0.3) is 0 Å². The molecule has 1 aliphatic carbocycles. The molecular formula is C15H29N3. The first-order chi connectivity index (χ1) is 8.88. The maximum atomic E-state index is 3.53. The van der Waals surface area contributed by atoms with Crippen molar-refractivity contribution in [2.75, 3.05) is 39.3 Å². The predicted octanol–water partition coefficient (Wildman–Crippen LogP) is 1.54. The number of likely N-dealkylation sites (tertiary alicyclic amines) is 2. The molecule has 3 aliphatic rings. The van der Waals surface area contributed by atoms with Crippen molar-refractivity contribution < 1.29 is 0 Å². The highest BCUT2D eigenvalue weighted by atomic mass is 15.3. The molecule has 0 aromatic carbocycles. The van der Waals surface area contributed by atoms with E-state index < -0.39 is 0 Å². The molecule has 3 fully saturated rings. The molecule has 2 saturated heterocycles. The Morgan fingerprint density at radius 3 is 2.50 bits per heavy atom. The Morgan fingerprint density at radius 2 is 1.83 bits per heavy atom. The van der Waals surface area contributed by atoms with Gasteiger partial charge in [0.1, 0.15) is 0 Å². The van der Waals surface area contributed by atoms with Crippen molar-refractivity contribution >= 4 is 0 Å². The van der Waals surface area contributed by atoms with Gasteiger partial charge in [-0.2, -0.15) is 0 Å². The zero-order valence-electron chi connectivity index (χ0n) is 11.9. The first kappa shape index (κ1) is 12.9. The lowest BCUT2D eigenvalue weighted by Crippen LogP contribution is -2.50. The van der Waals surface area contributed by atoms with E-state index in [0.717, 1.165) is 24.5 Å². The van der Waals surface area contributed by atoms with Crippen LogP contribution >= 0.6 is 0 Å². The monoisotopic (exact) mass is 251 g/mol. The number of rotatable bonds is 5. The Hall–Kier alpha value is -0.120. The number of nitrogens with one attached hydrogen (secondary N) is 1. The third-order valence-electron chi connectivity index (χ3n) is 5.35.